The molecule has 0 aliphatic carbocycles. The van der Waals surface area contributed by atoms with Gasteiger partial charge in [-0.05, 0) is 42.7 Å². The van der Waals surface area contributed by atoms with Crippen LogP contribution in [0.4, 0.5) is 0 Å². The molecular formula is C19H21ClN4OS. The first-order valence-corrected chi connectivity index (χ1v) is 9.84. The minimum Gasteiger partial charge on any atom is -0.385 e. The summed E-state index contributed by atoms with van der Waals surface area (Å²) in [4.78, 5) is 4.06. The highest BCUT2D eigenvalue weighted by Gasteiger charge is 2.16. The van der Waals surface area contributed by atoms with Crippen molar-refractivity contribution in [2.75, 3.05) is 19.5 Å². The Balaban J connectivity index is 1.77. The van der Waals surface area contributed by atoms with Crippen molar-refractivity contribution in [3.05, 3.63) is 59.4 Å². The number of methoxy groups -OCH3 is 1. The Kier molecular flexibility index (Phi) is 7.05. The average molecular weight is 389 g/mol. The van der Waals surface area contributed by atoms with Gasteiger partial charge in [0, 0.05) is 44.0 Å². The predicted octanol–water partition coefficient (Wildman–Crippen LogP) is 4.36. The maximum absolute atomic E-state index is 6.37. The van der Waals surface area contributed by atoms with Crippen LogP contribution in [-0.2, 0) is 17.7 Å². The second-order valence-electron chi connectivity index (χ2n) is 5.74. The number of rotatable bonds is 9. The van der Waals surface area contributed by atoms with E-state index in [1.165, 1.54) is 5.56 Å². The van der Waals surface area contributed by atoms with E-state index in [-0.39, 0.29) is 0 Å². The minimum atomic E-state index is 0.682. The zero-order valence-corrected chi connectivity index (χ0v) is 16.2. The van der Waals surface area contributed by atoms with E-state index >= 15 is 0 Å². The molecule has 0 fully saturated rings. The summed E-state index contributed by atoms with van der Waals surface area (Å²) in [5.74, 6) is 1.73. The van der Waals surface area contributed by atoms with E-state index in [1.54, 1.807) is 18.9 Å². The first-order chi connectivity index (χ1) is 12.8. The molecule has 0 aliphatic rings. The van der Waals surface area contributed by atoms with Crippen molar-refractivity contribution >= 4 is 23.4 Å². The predicted molar refractivity (Wildman–Crippen MR) is 106 cm³/mol. The van der Waals surface area contributed by atoms with Gasteiger partial charge >= 0.3 is 0 Å². The van der Waals surface area contributed by atoms with Gasteiger partial charge in [-0.3, -0.25) is 4.98 Å². The van der Waals surface area contributed by atoms with Crippen LogP contribution in [0.5, 0.6) is 0 Å². The van der Waals surface area contributed by atoms with E-state index in [2.05, 4.69) is 19.7 Å². The standard InChI is InChI=1S/C19H21ClN4OS/c1-25-13-4-12-24-18(16-5-2-3-6-17(16)20)22-23-19(24)26-14-9-15-7-10-21-11-8-15/h2-3,5-8,10-11H,4,9,12-14H2,1H3. The molecule has 3 rings (SSSR count). The Morgan fingerprint density at radius 1 is 1.12 bits per heavy atom. The van der Waals surface area contributed by atoms with Gasteiger partial charge in [0.1, 0.15) is 0 Å². The van der Waals surface area contributed by atoms with Crippen molar-refractivity contribution in [2.24, 2.45) is 0 Å². The second-order valence-corrected chi connectivity index (χ2v) is 7.21. The number of nitrogens with zero attached hydrogens (tertiary/aromatic N) is 4. The first kappa shape index (κ1) is 18.9. The lowest BCUT2D eigenvalue weighted by molar-refractivity contribution is 0.189. The molecule has 7 heteroatoms. The van der Waals surface area contributed by atoms with Crippen LogP contribution in [0.15, 0.2) is 53.9 Å². The number of benzene rings is 1. The van der Waals surface area contributed by atoms with Crippen molar-refractivity contribution in [1.82, 2.24) is 19.7 Å². The molecule has 0 radical (unpaired) electrons. The van der Waals surface area contributed by atoms with Crippen molar-refractivity contribution < 1.29 is 4.74 Å². The highest BCUT2D eigenvalue weighted by atomic mass is 35.5. The van der Waals surface area contributed by atoms with Crippen LogP contribution in [-0.4, -0.2) is 39.2 Å². The Hall–Kier alpha value is -1.89. The Morgan fingerprint density at radius 2 is 1.92 bits per heavy atom. The monoisotopic (exact) mass is 388 g/mol. The van der Waals surface area contributed by atoms with Crippen LogP contribution in [0.25, 0.3) is 11.4 Å². The van der Waals surface area contributed by atoms with Crippen LogP contribution < -0.4 is 0 Å². The normalized spacial score (nSPS) is 11.0. The van der Waals surface area contributed by atoms with Gasteiger partial charge in [-0.2, -0.15) is 0 Å². The van der Waals surface area contributed by atoms with E-state index < -0.39 is 0 Å². The molecule has 0 saturated heterocycles. The molecule has 0 spiro atoms. The molecule has 0 aliphatic heterocycles. The van der Waals surface area contributed by atoms with Crippen molar-refractivity contribution in [3.8, 4) is 11.4 Å². The molecule has 26 heavy (non-hydrogen) atoms. The van der Waals surface area contributed by atoms with E-state index in [0.29, 0.717) is 11.6 Å². The maximum Gasteiger partial charge on any atom is 0.191 e. The van der Waals surface area contributed by atoms with Crippen LogP contribution in [0, 0.1) is 0 Å². The molecule has 3 aromatic rings. The Bertz CT molecular complexity index is 825. The molecule has 1 aromatic carbocycles. The fourth-order valence-corrected chi connectivity index (χ4v) is 3.79. The van der Waals surface area contributed by atoms with Crippen LogP contribution in [0.2, 0.25) is 5.02 Å². The van der Waals surface area contributed by atoms with Gasteiger partial charge in [-0.1, -0.05) is 35.5 Å². The van der Waals surface area contributed by atoms with E-state index in [9.17, 15) is 0 Å². The van der Waals surface area contributed by atoms with Gasteiger partial charge in [0.25, 0.3) is 0 Å². The van der Waals surface area contributed by atoms with Crippen LogP contribution in [0.1, 0.15) is 12.0 Å². The van der Waals surface area contributed by atoms with Crippen molar-refractivity contribution in [3.63, 3.8) is 0 Å². The van der Waals surface area contributed by atoms with Crippen LogP contribution >= 0.6 is 23.4 Å². The number of ether oxygens (including phenoxy) is 1. The summed E-state index contributed by atoms with van der Waals surface area (Å²) >= 11 is 8.07. The summed E-state index contributed by atoms with van der Waals surface area (Å²) in [5, 5.41) is 10.4. The third-order valence-corrected chi connectivity index (χ3v) is 5.23. The van der Waals surface area contributed by atoms with Gasteiger partial charge in [-0.15, -0.1) is 10.2 Å². The number of thioether (sulfide) groups is 1. The lowest BCUT2D eigenvalue weighted by Gasteiger charge is -2.11. The maximum atomic E-state index is 6.37. The van der Waals surface area contributed by atoms with Crippen LogP contribution in [0.3, 0.4) is 0 Å². The fourth-order valence-electron chi connectivity index (χ4n) is 2.62. The van der Waals surface area contributed by atoms with Gasteiger partial charge in [0.15, 0.2) is 11.0 Å². The number of pyridine rings is 1. The minimum absolute atomic E-state index is 0.682. The molecule has 136 valence electrons. The van der Waals surface area contributed by atoms with E-state index in [1.807, 2.05) is 48.8 Å². The number of hydrogen-bond acceptors (Lipinski definition) is 5. The molecule has 2 heterocycles. The molecule has 0 saturated carbocycles. The zero-order valence-electron chi connectivity index (χ0n) is 14.6. The number of aryl methyl sites for hydroxylation is 1. The Morgan fingerprint density at radius 3 is 2.69 bits per heavy atom. The first-order valence-electron chi connectivity index (χ1n) is 8.48. The molecular weight excluding hydrogens is 368 g/mol. The summed E-state index contributed by atoms with van der Waals surface area (Å²) in [7, 11) is 1.71. The second kappa shape index (κ2) is 9.71. The van der Waals surface area contributed by atoms with Gasteiger partial charge in [-0.25, -0.2) is 0 Å². The highest BCUT2D eigenvalue weighted by Crippen LogP contribution is 2.29. The number of aromatic nitrogens is 4. The molecule has 5 nitrogen and oxygen atoms in total. The van der Waals surface area contributed by atoms with Crippen molar-refractivity contribution in [1.29, 1.82) is 0 Å². The molecule has 0 atom stereocenters. The quantitative estimate of drug-likeness (QED) is 0.402. The van der Waals surface area contributed by atoms with Crippen molar-refractivity contribution in [2.45, 2.75) is 24.5 Å². The van der Waals surface area contributed by atoms with E-state index in [0.717, 1.165) is 41.7 Å². The summed E-state index contributed by atoms with van der Waals surface area (Å²) in [6, 6.07) is 11.8. The molecule has 0 amide bonds. The highest BCUT2D eigenvalue weighted by molar-refractivity contribution is 7.99. The smallest absolute Gasteiger partial charge is 0.191 e. The van der Waals surface area contributed by atoms with E-state index in [4.69, 9.17) is 16.3 Å². The molecule has 0 N–H and O–H groups in total. The summed E-state index contributed by atoms with van der Waals surface area (Å²) in [5.41, 5.74) is 2.17. The lowest BCUT2D eigenvalue weighted by Crippen LogP contribution is -2.06. The lowest BCUT2D eigenvalue weighted by atomic mass is 10.2. The fraction of sp³-hybridized carbons (Fsp3) is 0.316. The average Bonchev–Trinajstić information content (AvgIpc) is 3.06. The van der Waals surface area contributed by atoms with Gasteiger partial charge in [0.05, 0.1) is 5.02 Å². The number of halogens is 1. The van der Waals surface area contributed by atoms with Gasteiger partial charge in [0.2, 0.25) is 0 Å². The molecule has 0 unspecified atom stereocenters. The molecule has 0 bridgehead atoms. The summed E-state index contributed by atoms with van der Waals surface area (Å²) in [6.07, 6.45) is 5.50. The third kappa shape index (κ3) is 4.84. The number of hydrogen-bond donors (Lipinski definition) is 0. The zero-order chi connectivity index (χ0) is 18.2. The molecule has 2 aromatic heterocycles. The third-order valence-electron chi connectivity index (χ3n) is 3.93. The van der Waals surface area contributed by atoms with Gasteiger partial charge < -0.3 is 9.30 Å². The topological polar surface area (TPSA) is 52.8 Å². The summed E-state index contributed by atoms with van der Waals surface area (Å²) in [6.45, 7) is 1.49. The SMILES string of the molecule is COCCCn1c(SCCc2ccncc2)nnc1-c1ccccc1Cl. The summed E-state index contributed by atoms with van der Waals surface area (Å²) < 4.78 is 7.33. The largest absolute Gasteiger partial charge is 0.385 e. The Labute approximate surface area is 162 Å².